The Morgan fingerprint density at radius 1 is 1.17 bits per heavy atom. The van der Waals surface area contributed by atoms with Crippen LogP contribution in [0.4, 0.5) is 0 Å². The van der Waals surface area contributed by atoms with Gasteiger partial charge >= 0.3 is 5.97 Å². The molecular formula is C14H29NO3. The first-order valence-corrected chi connectivity index (χ1v) is 6.77. The molecule has 0 aromatic rings. The third-order valence-corrected chi connectivity index (χ3v) is 2.98. The van der Waals surface area contributed by atoms with Gasteiger partial charge in [0.2, 0.25) is 0 Å². The van der Waals surface area contributed by atoms with Crippen molar-refractivity contribution in [1.82, 2.24) is 5.32 Å². The van der Waals surface area contributed by atoms with Gasteiger partial charge in [-0.25, -0.2) is 0 Å². The molecule has 0 bridgehead atoms. The first-order chi connectivity index (χ1) is 8.21. The fourth-order valence-electron chi connectivity index (χ4n) is 1.43. The fourth-order valence-corrected chi connectivity index (χ4v) is 1.43. The summed E-state index contributed by atoms with van der Waals surface area (Å²) in [6.45, 7) is 12.1. The number of aliphatic carboxylic acids is 1. The Bertz CT molecular complexity index is 248. The lowest BCUT2D eigenvalue weighted by atomic mass is 9.93. The third-order valence-electron chi connectivity index (χ3n) is 2.98. The van der Waals surface area contributed by atoms with Crippen molar-refractivity contribution in [3.8, 4) is 0 Å². The normalized spacial score (nSPS) is 15.4. The largest absolute Gasteiger partial charge is 0.480 e. The monoisotopic (exact) mass is 259 g/mol. The summed E-state index contributed by atoms with van der Waals surface area (Å²) < 4.78 is 5.53. The summed E-state index contributed by atoms with van der Waals surface area (Å²) in [6.07, 6.45) is 2.40. The van der Waals surface area contributed by atoms with Gasteiger partial charge < -0.3 is 15.2 Å². The molecule has 0 aliphatic carbocycles. The summed E-state index contributed by atoms with van der Waals surface area (Å²) in [5.41, 5.74) is -0.617. The molecule has 0 aromatic heterocycles. The smallest absolute Gasteiger partial charge is 0.323 e. The topological polar surface area (TPSA) is 58.6 Å². The lowest BCUT2D eigenvalue weighted by Crippen LogP contribution is -2.50. The molecule has 0 spiro atoms. The Kier molecular flexibility index (Phi) is 7.48. The third kappa shape index (κ3) is 7.67. The van der Waals surface area contributed by atoms with Crippen molar-refractivity contribution < 1.29 is 14.6 Å². The van der Waals surface area contributed by atoms with E-state index in [2.05, 4.69) is 26.1 Å². The Morgan fingerprint density at radius 2 is 1.72 bits per heavy atom. The minimum Gasteiger partial charge on any atom is -0.480 e. The van der Waals surface area contributed by atoms with Crippen molar-refractivity contribution in [2.24, 2.45) is 5.41 Å². The molecule has 0 fully saturated rings. The molecule has 0 amide bonds. The summed E-state index contributed by atoms with van der Waals surface area (Å²) in [5.74, 6) is -0.810. The highest BCUT2D eigenvalue weighted by molar-refractivity contribution is 5.78. The number of nitrogens with one attached hydrogen (secondary N) is 1. The van der Waals surface area contributed by atoms with E-state index >= 15 is 0 Å². The molecule has 0 heterocycles. The van der Waals surface area contributed by atoms with Crippen molar-refractivity contribution in [3.63, 3.8) is 0 Å². The zero-order chi connectivity index (χ0) is 14.2. The van der Waals surface area contributed by atoms with Crippen molar-refractivity contribution in [3.05, 3.63) is 0 Å². The number of carbonyl (C=O) groups is 1. The van der Waals surface area contributed by atoms with Crippen LogP contribution in [0, 0.1) is 5.41 Å². The molecule has 4 heteroatoms. The van der Waals surface area contributed by atoms with E-state index in [9.17, 15) is 9.90 Å². The Hall–Kier alpha value is -0.610. The molecule has 1 unspecified atom stereocenters. The maximum Gasteiger partial charge on any atom is 0.323 e. The molecule has 0 aromatic carbocycles. The van der Waals surface area contributed by atoms with E-state index in [0.717, 1.165) is 12.8 Å². The zero-order valence-electron chi connectivity index (χ0n) is 12.5. The van der Waals surface area contributed by atoms with Gasteiger partial charge in [0.1, 0.15) is 5.54 Å². The van der Waals surface area contributed by atoms with Gasteiger partial charge in [0, 0.05) is 13.2 Å². The number of rotatable bonds is 9. The maximum atomic E-state index is 11.2. The number of hydrogen-bond donors (Lipinski definition) is 2. The number of carboxylic acid groups (broad SMARTS) is 1. The molecule has 0 aliphatic rings. The van der Waals surface area contributed by atoms with E-state index in [1.807, 2.05) is 6.92 Å². The molecule has 108 valence electrons. The molecule has 0 rings (SSSR count). The fraction of sp³-hybridized carbons (Fsp3) is 0.929. The lowest BCUT2D eigenvalue weighted by Gasteiger charge is -2.26. The second kappa shape index (κ2) is 7.74. The second-order valence-electron chi connectivity index (χ2n) is 6.24. The van der Waals surface area contributed by atoms with E-state index in [1.54, 1.807) is 6.92 Å². The van der Waals surface area contributed by atoms with Gasteiger partial charge in [0.05, 0.1) is 0 Å². The van der Waals surface area contributed by atoms with Gasteiger partial charge in [0.25, 0.3) is 0 Å². The molecular weight excluding hydrogens is 230 g/mol. The highest BCUT2D eigenvalue weighted by Gasteiger charge is 2.31. The van der Waals surface area contributed by atoms with Gasteiger partial charge in [-0.1, -0.05) is 27.7 Å². The van der Waals surface area contributed by atoms with E-state index in [4.69, 9.17) is 4.74 Å². The molecule has 4 nitrogen and oxygen atoms in total. The minimum absolute atomic E-state index is 0.260. The molecule has 18 heavy (non-hydrogen) atoms. The standard InChI is InChI=1S/C14H29NO3/c1-6-9-15-14(5,12(16)17)8-11-18-10-7-13(2,3)4/h15H,6-11H2,1-5H3,(H,16,17). The molecule has 0 aliphatic heterocycles. The van der Waals surface area contributed by atoms with Crippen LogP contribution in [0.5, 0.6) is 0 Å². The van der Waals surface area contributed by atoms with Crippen molar-refractivity contribution >= 4 is 5.97 Å². The van der Waals surface area contributed by atoms with Gasteiger partial charge in [-0.2, -0.15) is 0 Å². The van der Waals surface area contributed by atoms with Crippen LogP contribution in [-0.4, -0.2) is 36.4 Å². The number of carboxylic acids is 1. The molecule has 0 saturated heterocycles. The Balaban J connectivity index is 3.95. The average molecular weight is 259 g/mol. The predicted molar refractivity (Wildman–Crippen MR) is 73.8 cm³/mol. The highest BCUT2D eigenvalue weighted by atomic mass is 16.5. The van der Waals surface area contributed by atoms with E-state index in [-0.39, 0.29) is 5.41 Å². The zero-order valence-corrected chi connectivity index (χ0v) is 12.5. The van der Waals surface area contributed by atoms with E-state index in [0.29, 0.717) is 26.2 Å². The van der Waals surface area contributed by atoms with Gasteiger partial charge in [-0.15, -0.1) is 0 Å². The van der Waals surface area contributed by atoms with E-state index < -0.39 is 11.5 Å². The second-order valence-corrected chi connectivity index (χ2v) is 6.24. The first-order valence-electron chi connectivity index (χ1n) is 6.77. The molecule has 1 atom stereocenters. The SMILES string of the molecule is CCCNC(C)(CCOCCC(C)(C)C)C(=O)O. The number of hydrogen-bond acceptors (Lipinski definition) is 3. The summed E-state index contributed by atoms with van der Waals surface area (Å²) in [5, 5.41) is 12.3. The van der Waals surface area contributed by atoms with Crippen molar-refractivity contribution in [1.29, 1.82) is 0 Å². The van der Waals surface area contributed by atoms with Gasteiger partial charge in [-0.3, -0.25) is 4.79 Å². The summed E-state index contributed by atoms with van der Waals surface area (Å²) in [7, 11) is 0. The number of ether oxygens (including phenoxy) is 1. The van der Waals surface area contributed by atoms with Gasteiger partial charge in [0.15, 0.2) is 0 Å². The molecule has 2 N–H and O–H groups in total. The summed E-state index contributed by atoms with van der Waals surface area (Å²) >= 11 is 0. The van der Waals surface area contributed by atoms with Crippen LogP contribution in [0.2, 0.25) is 0 Å². The van der Waals surface area contributed by atoms with Crippen molar-refractivity contribution in [2.45, 2.75) is 59.4 Å². The van der Waals surface area contributed by atoms with Crippen LogP contribution in [0.3, 0.4) is 0 Å². The predicted octanol–water partition coefficient (Wildman–Crippen LogP) is 2.67. The quantitative estimate of drug-likeness (QED) is 0.625. The lowest BCUT2D eigenvalue weighted by molar-refractivity contribution is -0.145. The Morgan fingerprint density at radius 3 is 2.17 bits per heavy atom. The minimum atomic E-state index is -0.877. The molecule has 0 saturated carbocycles. The first kappa shape index (κ1) is 17.4. The molecule has 0 radical (unpaired) electrons. The van der Waals surface area contributed by atoms with Gasteiger partial charge in [-0.05, 0) is 38.1 Å². The van der Waals surface area contributed by atoms with Crippen LogP contribution >= 0.6 is 0 Å². The van der Waals surface area contributed by atoms with Crippen LogP contribution in [0.1, 0.15) is 53.9 Å². The van der Waals surface area contributed by atoms with Crippen molar-refractivity contribution in [2.75, 3.05) is 19.8 Å². The van der Waals surface area contributed by atoms with Crippen LogP contribution in [0.25, 0.3) is 0 Å². The average Bonchev–Trinajstić information content (AvgIpc) is 2.24. The van der Waals surface area contributed by atoms with E-state index in [1.165, 1.54) is 0 Å². The Labute approximate surface area is 111 Å². The van der Waals surface area contributed by atoms with Crippen LogP contribution in [-0.2, 0) is 9.53 Å². The van der Waals surface area contributed by atoms with Crippen LogP contribution < -0.4 is 5.32 Å². The highest BCUT2D eigenvalue weighted by Crippen LogP contribution is 2.18. The summed E-state index contributed by atoms with van der Waals surface area (Å²) in [6, 6.07) is 0. The maximum absolute atomic E-state index is 11.2. The van der Waals surface area contributed by atoms with Crippen LogP contribution in [0.15, 0.2) is 0 Å². The summed E-state index contributed by atoms with van der Waals surface area (Å²) in [4.78, 5) is 11.2.